The Morgan fingerprint density at radius 2 is 2.16 bits per heavy atom. The highest BCUT2D eigenvalue weighted by atomic mass is 32.2. The van der Waals surface area contributed by atoms with Crippen LogP contribution < -0.4 is 0 Å². The molecule has 1 aromatic heterocycles. The van der Waals surface area contributed by atoms with Crippen molar-refractivity contribution >= 4 is 15.7 Å². The second-order valence-corrected chi connectivity index (χ2v) is 7.83. The van der Waals surface area contributed by atoms with Crippen LogP contribution in [0.2, 0.25) is 0 Å². The molecule has 0 N–H and O–H groups in total. The van der Waals surface area contributed by atoms with Gasteiger partial charge in [0.2, 0.25) is 0 Å². The summed E-state index contributed by atoms with van der Waals surface area (Å²) in [5.41, 5.74) is 0.142. The zero-order chi connectivity index (χ0) is 18.0. The summed E-state index contributed by atoms with van der Waals surface area (Å²) in [4.78, 5) is 10.2. The molecule has 1 aromatic carbocycles. The van der Waals surface area contributed by atoms with Crippen LogP contribution in [0, 0.1) is 10.1 Å². The Morgan fingerprint density at radius 3 is 2.88 bits per heavy atom. The van der Waals surface area contributed by atoms with Crippen LogP contribution in [0.15, 0.2) is 39.8 Å². The van der Waals surface area contributed by atoms with Crippen LogP contribution in [-0.2, 0) is 16.4 Å². The third-order valence-electron chi connectivity index (χ3n) is 4.27. The molecule has 0 radical (unpaired) electrons. The summed E-state index contributed by atoms with van der Waals surface area (Å²) in [5, 5.41) is 15.2. The minimum absolute atomic E-state index is 0.288. The number of nitrogens with zero attached hydrogens (tertiary/aromatic N) is 3. The number of rotatable bonds is 6. The van der Waals surface area contributed by atoms with E-state index in [0.29, 0.717) is 30.8 Å². The van der Waals surface area contributed by atoms with Crippen LogP contribution in [0.1, 0.15) is 43.7 Å². The van der Waals surface area contributed by atoms with Crippen molar-refractivity contribution in [2.75, 3.05) is 6.54 Å². The number of aryl methyl sites for hydroxylation is 1. The maximum Gasteiger partial charge on any atom is 0.289 e. The lowest BCUT2D eigenvalue weighted by Crippen LogP contribution is -2.31. The van der Waals surface area contributed by atoms with Crippen LogP contribution >= 0.6 is 0 Å². The van der Waals surface area contributed by atoms with Crippen molar-refractivity contribution in [2.45, 2.75) is 43.5 Å². The molecule has 9 heteroatoms. The fourth-order valence-corrected chi connectivity index (χ4v) is 4.95. The van der Waals surface area contributed by atoms with Crippen molar-refractivity contribution in [1.29, 1.82) is 0 Å². The molecule has 2 aromatic rings. The number of nitro benzene ring substituents is 1. The highest BCUT2D eigenvalue weighted by Gasteiger charge is 2.40. The van der Waals surface area contributed by atoms with Gasteiger partial charge in [-0.05, 0) is 25.3 Å². The van der Waals surface area contributed by atoms with Crippen molar-refractivity contribution < 1.29 is 17.9 Å². The van der Waals surface area contributed by atoms with Crippen molar-refractivity contribution in [3.63, 3.8) is 0 Å². The van der Waals surface area contributed by atoms with Gasteiger partial charge in [-0.2, -0.15) is 4.31 Å². The van der Waals surface area contributed by atoms with Gasteiger partial charge in [-0.3, -0.25) is 10.1 Å². The fourth-order valence-electron chi connectivity index (χ4n) is 3.13. The molecule has 134 valence electrons. The molecular weight excluding hydrogens is 346 g/mol. The number of benzene rings is 1. The third-order valence-corrected chi connectivity index (χ3v) is 6.22. The Labute approximate surface area is 145 Å². The van der Waals surface area contributed by atoms with Gasteiger partial charge in [0.25, 0.3) is 15.7 Å². The van der Waals surface area contributed by atoms with E-state index in [0.717, 1.165) is 12.8 Å². The van der Waals surface area contributed by atoms with Crippen LogP contribution in [0.3, 0.4) is 0 Å². The molecule has 0 aliphatic carbocycles. The lowest BCUT2D eigenvalue weighted by Gasteiger charge is -2.22. The molecule has 3 rings (SSSR count). The van der Waals surface area contributed by atoms with E-state index < -0.39 is 26.7 Å². The number of nitro groups is 1. The summed E-state index contributed by atoms with van der Waals surface area (Å²) < 4.78 is 32.6. The van der Waals surface area contributed by atoms with E-state index >= 15 is 0 Å². The maximum atomic E-state index is 13.0. The monoisotopic (exact) mass is 365 g/mol. The van der Waals surface area contributed by atoms with Gasteiger partial charge in [0.15, 0.2) is 4.90 Å². The summed E-state index contributed by atoms with van der Waals surface area (Å²) in [7, 11) is -4.00. The normalized spacial score (nSPS) is 18.5. The first-order valence-corrected chi connectivity index (χ1v) is 9.60. The maximum absolute atomic E-state index is 13.0. The molecule has 25 heavy (non-hydrogen) atoms. The highest BCUT2D eigenvalue weighted by Crippen LogP contribution is 2.38. The quantitative estimate of drug-likeness (QED) is 0.575. The lowest BCUT2D eigenvalue weighted by molar-refractivity contribution is -0.387. The van der Waals surface area contributed by atoms with E-state index in [9.17, 15) is 18.5 Å². The Balaban J connectivity index is 1.97. The molecule has 2 heterocycles. The van der Waals surface area contributed by atoms with Gasteiger partial charge in [0.05, 0.1) is 11.0 Å². The van der Waals surface area contributed by atoms with Gasteiger partial charge in [-0.25, -0.2) is 8.42 Å². The molecule has 1 aliphatic heterocycles. The fraction of sp³-hybridized carbons (Fsp3) is 0.438. The van der Waals surface area contributed by atoms with Crippen molar-refractivity contribution in [1.82, 2.24) is 9.46 Å². The number of hydrogen-bond donors (Lipinski definition) is 0. The third kappa shape index (κ3) is 3.29. The summed E-state index contributed by atoms with van der Waals surface area (Å²) in [5.74, 6) is 0.715. The standard InChI is InChI=1S/C16H19N3O5S/c1-2-6-12-11-13(17-24-12)14-8-5-10-18(14)25(22,23)16-9-4-3-7-15(16)19(20)21/h3-4,7,9,11,14H,2,5-6,8,10H2,1H3/t14-/m0/s1. The molecule has 0 amide bonds. The summed E-state index contributed by atoms with van der Waals surface area (Å²) >= 11 is 0. The Morgan fingerprint density at radius 1 is 1.40 bits per heavy atom. The molecule has 0 saturated carbocycles. The van der Waals surface area contributed by atoms with E-state index in [1.165, 1.54) is 28.6 Å². The number of hydrogen-bond acceptors (Lipinski definition) is 6. The van der Waals surface area contributed by atoms with E-state index in [4.69, 9.17) is 4.52 Å². The van der Waals surface area contributed by atoms with E-state index in [1.807, 2.05) is 6.92 Å². The van der Waals surface area contributed by atoms with Gasteiger partial charge >= 0.3 is 0 Å². The van der Waals surface area contributed by atoms with Crippen molar-refractivity contribution in [3.8, 4) is 0 Å². The predicted octanol–water partition coefficient (Wildman–Crippen LogP) is 3.06. The summed E-state index contributed by atoms with van der Waals surface area (Å²) in [6, 6.07) is 6.73. The van der Waals surface area contributed by atoms with E-state index in [1.54, 1.807) is 6.07 Å². The van der Waals surface area contributed by atoms with Crippen LogP contribution in [-0.4, -0.2) is 29.3 Å². The van der Waals surface area contributed by atoms with Crippen LogP contribution in [0.25, 0.3) is 0 Å². The average Bonchev–Trinajstić information content (AvgIpc) is 3.24. The second kappa shape index (κ2) is 6.93. The number of para-hydroxylation sites is 1. The Bertz CT molecular complexity index is 877. The highest BCUT2D eigenvalue weighted by molar-refractivity contribution is 7.89. The SMILES string of the molecule is CCCc1cc([C@@H]2CCCN2S(=O)(=O)c2ccccc2[N+](=O)[O-])no1. The van der Waals surface area contributed by atoms with Gasteiger partial charge in [-0.1, -0.05) is 24.2 Å². The minimum Gasteiger partial charge on any atom is -0.361 e. The molecule has 8 nitrogen and oxygen atoms in total. The lowest BCUT2D eigenvalue weighted by atomic mass is 10.1. The predicted molar refractivity (Wildman–Crippen MR) is 89.5 cm³/mol. The minimum atomic E-state index is -4.00. The van der Waals surface area contributed by atoms with E-state index in [-0.39, 0.29) is 4.90 Å². The molecule has 1 atom stereocenters. The first-order chi connectivity index (χ1) is 11.9. The average molecular weight is 365 g/mol. The van der Waals surface area contributed by atoms with E-state index in [2.05, 4.69) is 5.16 Å². The van der Waals surface area contributed by atoms with Crippen LogP contribution in [0.5, 0.6) is 0 Å². The molecule has 1 saturated heterocycles. The Kier molecular flexibility index (Phi) is 4.87. The molecule has 1 fully saturated rings. The zero-order valence-electron chi connectivity index (χ0n) is 13.8. The Hall–Kier alpha value is -2.26. The molecule has 0 unspecified atom stereocenters. The zero-order valence-corrected chi connectivity index (χ0v) is 14.6. The van der Waals surface area contributed by atoms with Gasteiger partial charge in [-0.15, -0.1) is 0 Å². The van der Waals surface area contributed by atoms with Gasteiger partial charge in [0, 0.05) is 25.1 Å². The van der Waals surface area contributed by atoms with Crippen LogP contribution in [0.4, 0.5) is 5.69 Å². The molecule has 0 bridgehead atoms. The largest absolute Gasteiger partial charge is 0.361 e. The first-order valence-electron chi connectivity index (χ1n) is 8.16. The molecule has 1 aliphatic rings. The number of sulfonamides is 1. The molecule has 0 spiro atoms. The summed E-state index contributed by atoms with van der Waals surface area (Å²) in [6.07, 6.45) is 2.91. The van der Waals surface area contributed by atoms with Gasteiger partial charge in [0.1, 0.15) is 11.5 Å². The molecular formula is C16H19N3O5S. The van der Waals surface area contributed by atoms with Gasteiger partial charge < -0.3 is 4.52 Å². The van der Waals surface area contributed by atoms with Crippen molar-refractivity contribution in [2.24, 2.45) is 0 Å². The topological polar surface area (TPSA) is 107 Å². The smallest absolute Gasteiger partial charge is 0.289 e. The first kappa shape index (κ1) is 17.6. The second-order valence-electron chi connectivity index (χ2n) is 5.97. The number of aromatic nitrogens is 1. The van der Waals surface area contributed by atoms with Crippen molar-refractivity contribution in [3.05, 3.63) is 51.9 Å². The summed E-state index contributed by atoms with van der Waals surface area (Å²) in [6.45, 7) is 2.32.